The average molecular weight is 310 g/mol. The van der Waals surface area contributed by atoms with Crippen LogP contribution >= 0.6 is 0 Å². The van der Waals surface area contributed by atoms with Gasteiger partial charge in [-0.2, -0.15) is 0 Å². The molecular formula is C19H22N2O2. The van der Waals surface area contributed by atoms with Gasteiger partial charge in [0.2, 0.25) is 5.91 Å². The zero-order chi connectivity index (χ0) is 15.9. The molecule has 120 valence electrons. The first-order valence-electron chi connectivity index (χ1n) is 8.65. The summed E-state index contributed by atoms with van der Waals surface area (Å²) in [4.78, 5) is 12.9. The van der Waals surface area contributed by atoms with E-state index in [0.29, 0.717) is 18.3 Å². The van der Waals surface area contributed by atoms with Crippen LogP contribution in [0.2, 0.25) is 0 Å². The van der Waals surface area contributed by atoms with Crippen LogP contribution in [0, 0.1) is 11.3 Å². The third-order valence-corrected chi connectivity index (χ3v) is 6.67. The predicted octanol–water partition coefficient (Wildman–Crippen LogP) is 3.16. The summed E-state index contributed by atoms with van der Waals surface area (Å²) in [7, 11) is 0. The molecule has 4 unspecified atom stereocenters. The first-order chi connectivity index (χ1) is 11.0. The first kappa shape index (κ1) is 13.6. The summed E-state index contributed by atoms with van der Waals surface area (Å²) >= 11 is 0. The SMILES string of the molecule is CC12CCCC3C(N)Cc4c(n(c5cccc(O)c45)C(=O)C1)C32. The number of nitrogens with two attached hydrogens (primary N) is 1. The Kier molecular flexibility index (Phi) is 2.47. The number of aromatic hydroxyl groups is 1. The van der Waals surface area contributed by atoms with Crippen molar-refractivity contribution in [2.75, 3.05) is 0 Å². The maximum Gasteiger partial charge on any atom is 0.231 e. The lowest BCUT2D eigenvalue weighted by Crippen LogP contribution is -2.52. The van der Waals surface area contributed by atoms with Crippen LogP contribution in [0.25, 0.3) is 10.9 Å². The Morgan fingerprint density at radius 1 is 1.39 bits per heavy atom. The molecule has 4 nitrogen and oxygen atoms in total. The summed E-state index contributed by atoms with van der Waals surface area (Å²) < 4.78 is 1.90. The van der Waals surface area contributed by atoms with Crippen molar-refractivity contribution in [3.8, 4) is 5.75 Å². The first-order valence-corrected chi connectivity index (χ1v) is 8.65. The number of rotatable bonds is 0. The Morgan fingerprint density at radius 3 is 3.04 bits per heavy atom. The second-order valence-electron chi connectivity index (χ2n) is 8.00. The van der Waals surface area contributed by atoms with Crippen LogP contribution < -0.4 is 5.73 Å². The highest BCUT2D eigenvalue weighted by Crippen LogP contribution is 2.60. The summed E-state index contributed by atoms with van der Waals surface area (Å²) in [6.07, 6.45) is 4.77. The predicted molar refractivity (Wildman–Crippen MR) is 88.7 cm³/mol. The largest absolute Gasteiger partial charge is 0.507 e. The van der Waals surface area contributed by atoms with Crippen molar-refractivity contribution in [3.05, 3.63) is 29.5 Å². The number of phenolic OH excluding ortho intramolecular Hbond substituents is 1. The second kappa shape index (κ2) is 4.18. The monoisotopic (exact) mass is 310 g/mol. The quantitative estimate of drug-likeness (QED) is 0.785. The fourth-order valence-electron chi connectivity index (χ4n) is 5.80. The van der Waals surface area contributed by atoms with E-state index in [1.54, 1.807) is 6.07 Å². The van der Waals surface area contributed by atoms with Crippen molar-refractivity contribution in [2.24, 2.45) is 17.1 Å². The maximum absolute atomic E-state index is 12.9. The molecule has 4 atom stereocenters. The standard InChI is InChI=1S/C19H22N2O2/c1-19-7-3-4-10-12(20)8-11-16-13(5-2-6-14(16)22)21(15(23)9-19)18(11)17(10)19/h2,5-6,10,12,17,22H,3-4,7-9,20H2,1H3. The van der Waals surface area contributed by atoms with Gasteiger partial charge in [0, 0.05) is 29.5 Å². The zero-order valence-corrected chi connectivity index (χ0v) is 13.4. The Hall–Kier alpha value is -1.81. The molecule has 3 N–H and O–H groups in total. The molecule has 1 saturated carbocycles. The third-order valence-electron chi connectivity index (χ3n) is 6.67. The molecule has 2 aromatic rings. The van der Waals surface area contributed by atoms with E-state index in [-0.39, 0.29) is 23.1 Å². The molecular weight excluding hydrogens is 288 g/mol. The summed E-state index contributed by atoms with van der Waals surface area (Å²) in [5, 5.41) is 11.3. The van der Waals surface area contributed by atoms with Crippen molar-refractivity contribution in [2.45, 2.75) is 51.0 Å². The molecule has 1 aliphatic heterocycles. The van der Waals surface area contributed by atoms with Crippen molar-refractivity contribution in [1.82, 2.24) is 4.57 Å². The molecule has 1 aromatic heterocycles. The van der Waals surface area contributed by atoms with E-state index >= 15 is 0 Å². The van der Waals surface area contributed by atoms with Gasteiger partial charge in [0.25, 0.3) is 0 Å². The normalized spacial score (nSPS) is 35.4. The number of fused-ring (bicyclic) bond motifs is 3. The molecule has 0 bridgehead atoms. The molecule has 4 heteroatoms. The van der Waals surface area contributed by atoms with Gasteiger partial charge in [-0.05, 0) is 48.3 Å². The molecule has 1 fully saturated rings. The Morgan fingerprint density at radius 2 is 2.22 bits per heavy atom. The second-order valence-corrected chi connectivity index (χ2v) is 8.00. The highest BCUT2D eigenvalue weighted by molar-refractivity contribution is 6.00. The third kappa shape index (κ3) is 1.52. The summed E-state index contributed by atoms with van der Waals surface area (Å²) in [5.74, 6) is 1.26. The Bertz CT molecular complexity index is 853. The van der Waals surface area contributed by atoms with Crippen LogP contribution in [0.5, 0.6) is 5.75 Å². The van der Waals surface area contributed by atoms with E-state index in [9.17, 15) is 9.90 Å². The minimum Gasteiger partial charge on any atom is -0.507 e. The molecule has 0 saturated heterocycles. The highest BCUT2D eigenvalue weighted by atomic mass is 16.3. The van der Waals surface area contributed by atoms with Crippen LogP contribution in [0.4, 0.5) is 0 Å². The van der Waals surface area contributed by atoms with Gasteiger partial charge < -0.3 is 10.8 Å². The van der Waals surface area contributed by atoms with Gasteiger partial charge in [0.15, 0.2) is 0 Å². The van der Waals surface area contributed by atoms with Gasteiger partial charge in [-0.25, -0.2) is 0 Å². The minimum absolute atomic E-state index is 0.0206. The van der Waals surface area contributed by atoms with E-state index in [2.05, 4.69) is 6.92 Å². The average Bonchev–Trinajstić information content (AvgIpc) is 2.82. The minimum atomic E-state index is 0.0206. The van der Waals surface area contributed by atoms with Crippen LogP contribution in [0.15, 0.2) is 18.2 Å². The molecule has 0 spiro atoms. The number of benzene rings is 1. The number of carbonyl (C=O) groups is 1. The van der Waals surface area contributed by atoms with Crippen molar-refractivity contribution in [3.63, 3.8) is 0 Å². The summed E-state index contributed by atoms with van der Waals surface area (Å²) in [5.41, 5.74) is 9.72. The van der Waals surface area contributed by atoms with Crippen molar-refractivity contribution < 1.29 is 9.90 Å². The van der Waals surface area contributed by atoms with E-state index < -0.39 is 0 Å². The van der Waals surface area contributed by atoms with E-state index in [4.69, 9.17) is 5.73 Å². The number of carbonyl (C=O) groups excluding carboxylic acids is 1. The van der Waals surface area contributed by atoms with Crippen molar-refractivity contribution in [1.29, 1.82) is 0 Å². The van der Waals surface area contributed by atoms with Gasteiger partial charge in [0.05, 0.1) is 5.52 Å². The van der Waals surface area contributed by atoms with Crippen LogP contribution in [0.1, 0.15) is 54.6 Å². The molecule has 3 aliphatic rings. The van der Waals surface area contributed by atoms with Gasteiger partial charge in [-0.1, -0.05) is 19.4 Å². The molecule has 0 radical (unpaired) electrons. The molecule has 0 amide bonds. The summed E-state index contributed by atoms with van der Waals surface area (Å²) in [6.45, 7) is 2.27. The number of hydrogen-bond donors (Lipinski definition) is 2. The molecule has 2 aliphatic carbocycles. The van der Waals surface area contributed by atoms with E-state index in [1.807, 2.05) is 16.7 Å². The molecule has 5 rings (SSSR count). The van der Waals surface area contributed by atoms with Gasteiger partial charge in [-0.15, -0.1) is 0 Å². The zero-order valence-electron chi connectivity index (χ0n) is 13.4. The van der Waals surface area contributed by atoms with Crippen LogP contribution in [-0.2, 0) is 6.42 Å². The lowest BCUT2D eigenvalue weighted by Gasteiger charge is -2.53. The lowest BCUT2D eigenvalue weighted by molar-refractivity contribution is 0.0449. The maximum atomic E-state index is 12.9. The molecule has 23 heavy (non-hydrogen) atoms. The van der Waals surface area contributed by atoms with E-state index in [0.717, 1.165) is 41.4 Å². The fraction of sp³-hybridized carbons (Fsp3) is 0.526. The Labute approximate surface area is 135 Å². The smallest absolute Gasteiger partial charge is 0.231 e. The number of aromatic nitrogens is 1. The van der Waals surface area contributed by atoms with Gasteiger partial charge >= 0.3 is 0 Å². The highest BCUT2D eigenvalue weighted by Gasteiger charge is 2.54. The van der Waals surface area contributed by atoms with Gasteiger partial charge in [-0.3, -0.25) is 9.36 Å². The topological polar surface area (TPSA) is 68.2 Å². The van der Waals surface area contributed by atoms with Crippen LogP contribution in [-0.4, -0.2) is 21.6 Å². The van der Waals surface area contributed by atoms with E-state index in [1.165, 1.54) is 6.42 Å². The fourth-order valence-corrected chi connectivity index (χ4v) is 5.80. The van der Waals surface area contributed by atoms with Crippen LogP contribution in [0.3, 0.4) is 0 Å². The lowest BCUT2D eigenvalue weighted by atomic mass is 9.54. The summed E-state index contributed by atoms with van der Waals surface area (Å²) in [6, 6.07) is 5.62. The number of nitrogens with zero attached hydrogens (tertiary/aromatic N) is 1. The number of phenols is 1. The molecule has 1 aromatic carbocycles. The van der Waals surface area contributed by atoms with Crippen molar-refractivity contribution >= 4 is 16.8 Å². The number of hydrogen-bond acceptors (Lipinski definition) is 3. The van der Waals surface area contributed by atoms with Gasteiger partial charge in [0.1, 0.15) is 5.75 Å². The Balaban J connectivity index is 1.92. The molecule has 2 heterocycles.